The molecular formula is C15H23NO. The van der Waals surface area contributed by atoms with E-state index in [0.29, 0.717) is 18.0 Å². The molecule has 1 aliphatic rings. The van der Waals surface area contributed by atoms with Gasteiger partial charge in [-0.3, -0.25) is 0 Å². The molecule has 1 heterocycles. The number of hydrogen-bond acceptors (Lipinski definition) is 2. The maximum Gasteiger partial charge on any atom is 0.119 e. The fourth-order valence-corrected chi connectivity index (χ4v) is 2.70. The first-order chi connectivity index (χ1) is 8.20. The Kier molecular flexibility index (Phi) is 4.06. The van der Waals surface area contributed by atoms with Gasteiger partial charge in [0, 0.05) is 18.0 Å². The number of ether oxygens (including phenoxy) is 1. The van der Waals surface area contributed by atoms with Crippen molar-refractivity contribution in [3.63, 3.8) is 0 Å². The molecule has 0 bridgehead atoms. The summed E-state index contributed by atoms with van der Waals surface area (Å²) in [5.41, 5.74) is 1.41. The number of nitrogens with one attached hydrogen (secondary N) is 1. The zero-order chi connectivity index (χ0) is 12.3. The molecule has 17 heavy (non-hydrogen) atoms. The van der Waals surface area contributed by atoms with Gasteiger partial charge in [0.05, 0.1) is 6.61 Å². The Hall–Kier alpha value is -1.02. The van der Waals surface area contributed by atoms with Crippen LogP contribution in [0.4, 0.5) is 0 Å². The summed E-state index contributed by atoms with van der Waals surface area (Å²) in [5, 5.41) is 3.59. The van der Waals surface area contributed by atoms with Gasteiger partial charge in [-0.2, -0.15) is 0 Å². The first-order valence-electron chi connectivity index (χ1n) is 6.69. The standard InChI is InChI=1S/C15H23NO/c1-4-8-17-14-7-5-6-13(10-14)15-9-11(2)16-12(15)3/h5-7,10-12,15-16H,4,8-9H2,1-3H3. The molecule has 0 saturated carbocycles. The van der Waals surface area contributed by atoms with Crippen LogP contribution in [-0.4, -0.2) is 18.7 Å². The normalized spacial score (nSPS) is 28.3. The van der Waals surface area contributed by atoms with E-state index in [1.165, 1.54) is 12.0 Å². The monoisotopic (exact) mass is 233 g/mol. The minimum Gasteiger partial charge on any atom is -0.494 e. The highest BCUT2D eigenvalue weighted by Crippen LogP contribution is 2.32. The van der Waals surface area contributed by atoms with Crippen molar-refractivity contribution in [1.82, 2.24) is 5.32 Å². The summed E-state index contributed by atoms with van der Waals surface area (Å²) in [6, 6.07) is 9.77. The average Bonchev–Trinajstić information content (AvgIpc) is 2.66. The fourth-order valence-electron chi connectivity index (χ4n) is 2.70. The molecule has 0 aromatic heterocycles. The van der Waals surface area contributed by atoms with Crippen LogP contribution in [0, 0.1) is 0 Å². The first-order valence-corrected chi connectivity index (χ1v) is 6.69. The third kappa shape index (κ3) is 3.01. The molecular weight excluding hydrogens is 210 g/mol. The highest BCUT2D eigenvalue weighted by atomic mass is 16.5. The van der Waals surface area contributed by atoms with Crippen LogP contribution in [0.2, 0.25) is 0 Å². The third-order valence-corrected chi connectivity index (χ3v) is 3.52. The minimum absolute atomic E-state index is 0.562. The summed E-state index contributed by atoms with van der Waals surface area (Å²) in [7, 11) is 0. The predicted molar refractivity (Wildman–Crippen MR) is 71.6 cm³/mol. The van der Waals surface area contributed by atoms with Gasteiger partial charge in [0.15, 0.2) is 0 Å². The van der Waals surface area contributed by atoms with E-state index in [-0.39, 0.29) is 0 Å². The van der Waals surface area contributed by atoms with Crippen molar-refractivity contribution in [2.45, 2.75) is 51.6 Å². The van der Waals surface area contributed by atoms with Gasteiger partial charge in [-0.1, -0.05) is 19.1 Å². The van der Waals surface area contributed by atoms with Crippen molar-refractivity contribution in [3.8, 4) is 5.75 Å². The zero-order valence-corrected chi connectivity index (χ0v) is 11.1. The molecule has 3 unspecified atom stereocenters. The van der Waals surface area contributed by atoms with Crippen LogP contribution in [0.15, 0.2) is 24.3 Å². The lowest BCUT2D eigenvalue weighted by atomic mass is 9.92. The summed E-state index contributed by atoms with van der Waals surface area (Å²) in [6.07, 6.45) is 2.28. The summed E-state index contributed by atoms with van der Waals surface area (Å²) in [5.74, 6) is 1.63. The molecule has 1 aliphatic heterocycles. The quantitative estimate of drug-likeness (QED) is 0.861. The molecule has 1 aromatic carbocycles. The summed E-state index contributed by atoms with van der Waals surface area (Å²) in [6.45, 7) is 7.47. The molecule has 0 amide bonds. The Morgan fingerprint density at radius 1 is 1.35 bits per heavy atom. The summed E-state index contributed by atoms with van der Waals surface area (Å²) in [4.78, 5) is 0. The lowest BCUT2D eigenvalue weighted by Crippen LogP contribution is -2.26. The van der Waals surface area contributed by atoms with E-state index in [1.54, 1.807) is 0 Å². The van der Waals surface area contributed by atoms with Crippen LogP contribution in [0.25, 0.3) is 0 Å². The smallest absolute Gasteiger partial charge is 0.119 e. The van der Waals surface area contributed by atoms with Crippen molar-refractivity contribution < 1.29 is 4.74 Å². The third-order valence-electron chi connectivity index (χ3n) is 3.52. The van der Waals surface area contributed by atoms with Crippen LogP contribution in [0.1, 0.15) is 45.1 Å². The van der Waals surface area contributed by atoms with Gasteiger partial charge in [0.2, 0.25) is 0 Å². The van der Waals surface area contributed by atoms with Gasteiger partial charge >= 0.3 is 0 Å². The molecule has 3 atom stereocenters. The van der Waals surface area contributed by atoms with E-state index >= 15 is 0 Å². The lowest BCUT2D eigenvalue weighted by Gasteiger charge is -2.16. The van der Waals surface area contributed by atoms with E-state index in [9.17, 15) is 0 Å². The largest absolute Gasteiger partial charge is 0.494 e. The second-order valence-corrected chi connectivity index (χ2v) is 5.12. The second kappa shape index (κ2) is 5.54. The van der Waals surface area contributed by atoms with Crippen molar-refractivity contribution in [1.29, 1.82) is 0 Å². The first kappa shape index (κ1) is 12.4. The van der Waals surface area contributed by atoms with Gasteiger partial charge in [-0.25, -0.2) is 0 Å². The van der Waals surface area contributed by atoms with Gasteiger partial charge in [-0.05, 0) is 44.4 Å². The molecule has 1 saturated heterocycles. The zero-order valence-electron chi connectivity index (χ0n) is 11.1. The molecule has 1 fully saturated rings. The molecule has 0 radical (unpaired) electrons. The molecule has 2 nitrogen and oxygen atoms in total. The Morgan fingerprint density at radius 2 is 2.18 bits per heavy atom. The van der Waals surface area contributed by atoms with E-state index in [1.807, 2.05) is 0 Å². The van der Waals surface area contributed by atoms with E-state index < -0.39 is 0 Å². The molecule has 2 rings (SSSR count). The maximum atomic E-state index is 5.70. The van der Waals surface area contributed by atoms with Crippen molar-refractivity contribution in [2.24, 2.45) is 0 Å². The Labute approximate surface area is 104 Å². The lowest BCUT2D eigenvalue weighted by molar-refractivity contribution is 0.317. The van der Waals surface area contributed by atoms with Gasteiger partial charge in [0.1, 0.15) is 5.75 Å². The molecule has 1 N–H and O–H groups in total. The van der Waals surface area contributed by atoms with E-state index in [4.69, 9.17) is 4.74 Å². The van der Waals surface area contributed by atoms with Crippen LogP contribution >= 0.6 is 0 Å². The number of benzene rings is 1. The second-order valence-electron chi connectivity index (χ2n) is 5.12. The van der Waals surface area contributed by atoms with Gasteiger partial charge in [0.25, 0.3) is 0 Å². The Morgan fingerprint density at radius 3 is 2.82 bits per heavy atom. The number of hydrogen-bond donors (Lipinski definition) is 1. The molecule has 1 aromatic rings. The van der Waals surface area contributed by atoms with Gasteiger partial charge in [-0.15, -0.1) is 0 Å². The topological polar surface area (TPSA) is 21.3 Å². The summed E-state index contributed by atoms with van der Waals surface area (Å²) < 4.78 is 5.70. The fraction of sp³-hybridized carbons (Fsp3) is 0.600. The van der Waals surface area contributed by atoms with Crippen molar-refractivity contribution >= 4 is 0 Å². The molecule has 94 valence electrons. The summed E-state index contributed by atoms with van der Waals surface area (Å²) >= 11 is 0. The van der Waals surface area contributed by atoms with Crippen molar-refractivity contribution in [3.05, 3.63) is 29.8 Å². The minimum atomic E-state index is 0.562. The Balaban J connectivity index is 2.10. The predicted octanol–water partition coefficient (Wildman–Crippen LogP) is 3.33. The highest BCUT2D eigenvalue weighted by molar-refractivity contribution is 5.32. The average molecular weight is 233 g/mol. The molecule has 0 aliphatic carbocycles. The SMILES string of the molecule is CCCOc1cccc(C2CC(C)NC2C)c1. The van der Waals surface area contributed by atoms with Crippen LogP contribution in [-0.2, 0) is 0 Å². The van der Waals surface area contributed by atoms with Crippen LogP contribution < -0.4 is 10.1 Å². The number of rotatable bonds is 4. The van der Waals surface area contributed by atoms with Crippen molar-refractivity contribution in [2.75, 3.05) is 6.61 Å². The molecule has 0 spiro atoms. The van der Waals surface area contributed by atoms with Gasteiger partial charge < -0.3 is 10.1 Å². The van der Waals surface area contributed by atoms with E-state index in [0.717, 1.165) is 18.8 Å². The molecule has 2 heteroatoms. The van der Waals surface area contributed by atoms with Crippen LogP contribution in [0.3, 0.4) is 0 Å². The highest BCUT2D eigenvalue weighted by Gasteiger charge is 2.29. The Bertz CT molecular complexity index is 364. The maximum absolute atomic E-state index is 5.70. The van der Waals surface area contributed by atoms with E-state index in [2.05, 4.69) is 50.4 Å². The van der Waals surface area contributed by atoms with Crippen LogP contribution in [0.5, 0.6) is 5.75 Å².